The minimum atomic E-state index is -1.96. The van der Waals surface area contributed by atoms with Crippen LogP contribution in [0.4, 0.5) is 0 Å². The van der Waals surface area contributed by atoms with Crippen LogP contribution in [0.15, 0.2) is 23.3 Å². The zero-order valence-electron chi connectivity index (χ0n) is 13.8. The van der Waals surface area contributed by atoms with Gasteiger partial charge >= 0.3 is 0 Å². The largest absolute Gasteiger partial charge is 0.387 e. The molecule has 0 fully saturated rings. The van der Waals surface area contributed by atoms with Crippen molar-refractivity contribution in [2.75, 3.05) is 6.54 Å². The van der Waals surface area contributed by atoms with Crippen LogP contribution in [0.2, 0.25) is 0 Å². The fourth-order valence-electron chi connectivity index (χ4n) is 1.75. The van der Waals surface area contributed by atoms with Crippen LogP contribution in [0.25, 0.3) is 0 Å². The van der Waals surface area contributed by atoms with Gasteiger partial charge in [0, 0.05) is 6.54 Å². The molecule has 0 aliphatic heterocycles. The SMILES string of the molecule is CC(C)=CCC/C(C)=C/CNC(=O)[C@@H](O)[C@H](O)[C@H](O)[C@@H](O)C=O. The first-order chi connectivity index (χ1) is 10.7. The number of hydrogen-bond acceptors (Lipinski definition) is 6. The summed E-state index contributed by atoms with van der Waals surface area (Å²) in [5.74, 6) is -0.900. The molecule has 0 aromatic rings. The Morgan fingerprint density at radius 1 is 1.04 bits per heavy atom. The lowest BCUT2D eigenvalue weighted by Gasteiger charge is -2.23. The number of allylic oxidation sites excluding steroid dienone is 3. The van der Waals surface area contributed by atoms with Gasteiger partial charge in [0.2, 0.25) is 0 Å². The molecule has 0 heterocycles. The quantitative estimate of drug-likeness (QED) is 0.270. The maximum atomic E-state index is 11.6. The molecule has 0 saturated heterocycles. The lowest BCUT2D eigenvalue weighted by Crippen LogP contribution is -2.51. The number of aldehydes is 1. The van der Waals surface area contributed by atoms with Gasteiger partial charge in [0.1, 0.15) is 18.3 Å². The van der Waals surface area contributed by atoms with Crippen molar-refractivity contribution in [3.8, 4) is 0 Å². The van der Waals surface area contributed by atoms with Crippen molar-refractivity contribution in [1.29, 1.82) is 0 Å². The predicted octanol–water partition coefficient (Wildman–Crippen LogP) is -0.562. The minimum absolute atomic E-state index is 0.0110. The van der Waals surface area contributed by atoms with E-state index in [0.29, 0.717) is 0 Å². The van der Waals surface area contributed by atoms with Crippen LogP contribution in [0.5, 0.6) is 0 Å². The van der Waals surface area contributed by atoms with E-state index in [1.165, 1.54) is 5.57 Å². The van der Waals surface area contributed by atoms with Crippen LogP contribution in [0, 0.1) is 0 Å². The second-order valence-electron chi connectivity index (χ2n) is 5.67. The summed E-state index contributed by atoms with van der Waals surface area (Å²) >= 11 is 0. The third-order valence-electron chi connectivity index (χ3n) is 3.25. The molecule has 5 N–H and O–H groups in total. The minimum Gasteiger partial charge on any atom is -0.387 e. The first-order valence-electron chi connectivity index (χ1n) is 7.45. The number of rotatable bonds is 10. The van der Waals surface area contributed by atoms with Crippen molar-refractivity contribution in [3.05, 3.63) is 23.3 Å². The average molecular weight is 329 g/mol. The summed E-state index contributed by atoms with van der Waals surface area (Å²) < 4.78 is 0. The predicted molar refractivity (Wildman–Crippen MR) is 85.5 cm³/mol. The summed E-state index contributed by atoms with van der Waals surface area (Å²) in [6.45, 7) is 6.11. The Morgan fingerprint density at radius 2 is 1.65 bits per heavy atom. The van der Waals surface area contributed by atoms with Gasteiger partial charge in [-0.05, 0) is 33.6 Å². The Bertz CT molecular complexity index is 442. The molecule has 0 bridgehead atoms. The van der Waals surface area contributed by atoms with Crippen molar-refractivity contribution < 1.29 is 30.0 Å². The summed E-state index contributed by atoms with van der Waals surface area (Å²) in [4.78, 5) is 21.9. The van der Waals surface area contributed by atoms with Gasteiger partial charge < -0.3 is 30.5 Å². The molecule has 0 aliphatic carbocycles. The molecule has 0 saturated carbocycles. The third-order valence-corrected chi connectivity index (χ3v) is 3.25. The number of aliphatic hydroxyl groups excluding tert-OH is 4. The molecule has 7 nitrogen and oxygen atoms in total. The van der Waals surface area contributed by atoms with Crippen molar-refractivity contribution in [3.63, 3.8) is 0 Å². The number of amides is 1. The molecule has 1 amide bonds. The van der Waals surface area contributed by atoms with Gasteiger partial charge in [0.25, 0.3) is 5.91 Å². The van der Waals surface area contributed by atoms with E-state index in [0.717, 1.165) is 18.4 Å². The molecule has 0 unspecified atom stereocenters. The summed E-state index contributed by atoms with van der Waals surface area (Å²) in [5, 5.41) is 39.9. The average Bonchev–Trinajstić information content (AvgIpc) is 2.51. The van der Waals surface area contributed by atoms with Gasteiger partial charge in [-0.25, -0.2) is 0 Å². The maximum absolute atomic E-state index is 11.6. The molecule has 0 aromatic carbocycles. The van der Waals surface area contributed by atoms with Gasteiger partial charge in [-0.1, -0.05) is 23.3 Å². The summed E-state index contributed by atoms with van der Waals surface area (Å²) in [7, 11) is 0. The molecule has 0 aromatic heterocycles. The lowest BCUT2D eigenvalue weighted by atomic mass is 10.0. The first kappa shape index (κ1) is 21.5. The highest BCUT2D eigenvalue weighted by molar-refractivity contribution is 5.81. The van der Waals surface area contributed by atoms with Crippen LogP contribution in [-0.4, -0.2) is 63.6 Å². The van der Waals surface area contributed by atoms with E-state index in [9.17, 15) is 24.9 Å². The Balaban J connectivity index is 4.32. The maximum Gasteiger partial charge on any atom is 0.251 e. The van der Waals surface area contributed by atoms with Crippen molar-refractivity contribution in [1.82, 2.24) is 5.32 Å². The highest BCUT2D eigenvalue weighted by atomic mass is 16.4. The van der Waals surface area contributed by atoms with E-state index >= 15 is 0 Å². The monoisotopic (exact) mass is 329 g/mol. The van der Waals surface area contributed by atoms with E-state index in [1.54, 1.807) is 6.08 Å². The van der Waals surface area contributed by atoms with Gasteiger partial charge in [-0.15, -0.1) is 0 Å². The molecule has 23 heavy (non-hydrogen) atoms. The smallest absolute Gasteiger partial charge is 0.251 e. The zero-order chi connectivity index (χ0) is 18.0. The van der Waals surface area contributed by atoms with Crippen LogP contribution < -0.4 is 5.32 Å². The fraction of sp³-hybridized carbons (Fsp3) is 0.625. The van der Waals surface area contributed by atoms with Crippen LogP contribution in [0.3, 0.4) is 0 Å². The zero-order valence-corrected chi connectivity index (χ0v) is 13.8. The van der Waals surface area contributed by atoms with E-state index in [-0.39, 0.29) is 12.8 Å². The van der Waals surface area contributed by atoms with E-state index < -0.39 is 30.3 Å². The topological polar surface area (TPSA) is 127 Å². The van der Waals surface area contributed by atoms with Crippen molar-refractivity contribution in [2.24, 2.45) is 0 Å². The first-order valence-corrected chi connectivity index (χ1v) is 7.45. The summed E-state index contributed by atoms with van der Waals surface area (Å²) in [6.07, 6.45) is -2.07. The normalized spacial score (nSPS) is 16.9. The van der Waals surface area contributed by atoms with Crippen LogP contribution >= 0.6 is 0 Å². The van der Waals surface area contributed by atoms with Gasteiger partial charge in [-0.2, -0.15) is 0 Å². The second-order valence-corrected chi connectivity index (χ2v) is 5.67. The molecule has 4 atom stereocenters. The van der Waals surface area contributed by atoms with Crippen molar-refractivity contribution >= 4 is 12.2 Å². The second kappa shape index (κ2) is 11.1. The van der Waals surface area contributed by atoms with Crippen LogP contribution in [-0.2, 0) is 9.59 Å². The number of hydrogen-bond donors (Lipinski definition) is 5. The Hall–Kier alpha value is -1.54. The van der Waals surface area contributed by atoms with E-state index in [4.69, 9.17) is 5.11 Å². The highest BCUT2D eigenvalue weighted by Gasteiger charge is 2.33. The number of aliphatic hydroxyl groups is 4. The molecule has 7 heteroatoms. The van der Waals surface area contributed by atoms with Gasteiger partial charge in [0.05, 0.1) is 0 Å². The molecule has 0 radical (unpaired) electrons. The lowest BCUT2D eigenvalue weighted by molar-refractivity contribution is -0.149. The Labute approximate surface area is 136 Å². The van der Waals surface area contributed by atoms with E-state index in [2.05, 4.69) is 11.4 Å². The Kier molecular flexibility index (Phi) is 10.3. The molecule has 132 valence electrons. The molecule has 0 rings (SSSR count). The summed E-state index contributed by atoms with van der Waals surface area (Å²) in [5.41, 5.74) is 2.30. The van der Waals surface area contributed by atoms with Gasteiger partial charge in [0.15, 0.2) is 12.4 Å². The number of nitrogens with one attached hydrogen (secondary N) is 1. The van der Waals surface area contributed by atoms with Gasteiger partial charge in [-0.3, -0.25) is 4.79 Å². The number of carbonyl (C=O) groups excluding carboxylic acids is 2. The molecular formula is C16H27NO6. The van der Waals surface area contributed by atoms with Crippen molar-refractivity contribution in [2.45, 2.75) is 58.0 Å². The summed E-state index contributed by atoms with van der Waals surface area (Å²) in [6, 6.07) is 0. The fourth-order valence-corrected chi connectivity index (χ4v) is 1.75. The third kappa shape index (κ3) is 8.61. The molecular weight excluding hydrogens is 302 g/mol. The highest BCUT2D eigenvalue weighted by Crippen LogP contribution is 2.07. The molecule has 0 spiro atoms. The number of carbonyl (C=O) groups is 2. The van der Waals surface area contributed by atoms with E-state index in [1.807, 2.05) is 20.8 Å². The standard InChI is InChI=1S/C16H27NO6/c1-10(2)5-4-6-11(3)7-8-17-16(23)15(22)14(21)13(20)12(19)9-18/h5,7,9,12-15,19-22H,4,6,8H2,1-3H3,(H,17,23)/b11-7+/t12-,13+,14+,15-/m0/s1. The Morgan fingerprint density at radius 3 is 2.17 bits per heavy atom. The molecule has 0 aliphatic rings. The van der Waals surface area contributed by atoms with Crippen LogP contribution in [0.1, 0.15) is 33.6 Å².